The fourth-order valence-electron chi connectivity index (χ4n) is 2.01. The molecule has 2 rings (SSSR count). The zero-order valence-electron chi connectivity index (χ0n) is 8.37. The van der Waals surface area contributed by atoms with Crippen molar-refractivity contribution in [2.45, 2.75) is 50.6 Å². The molecular weight excluding hydrogens is 200 g/mol. The fraction of sp³-hybridized carbons (Fsp3) is 0.900. The molecule has 2 atom stereocenters. The molecule has 0 aromatic heterocycles. The first kappa shape index (κ1) is 11.8. The van der Waals surface area contributed by atoms with Crippen LogP contribution in [0.1, 0.15) is 38.5 Å². The minimum Gasteiger partial charge on any atom is -0.353 e. The third-order valence-corrected chi connectivity index (χ3v) is 3.01. The van der Waals surface area contributed by atoms with Gasteiger partial charge in [-0.2, -0.15) is 0 Å². The maximum atomic E-state index is 11.6. The lowest BCUT2D eigenvalue weighted by molar-refractivity contribution is -0.126. The molecular formula is C10H19ClN2O. The van der Waals surface area contributed by atoms with Gasteiger partial charge in [0.05, 0.1) is 0 Å². The Bertz CT molecular complexity index is 206. The van der Waals surface area contributed by atoms with Gasteiger partial charge in [0.25, 0.3) is 0 Å². The molecule has 3 nitrogen and oxygen atoms in total. The van der Waals surface area contributed by atoms with E-state index in [4.69, 9.17) is 5.73 Å². The number of carbonyl (C=O) groups is 1. The van der Waals surface area contributed by atoms with Crippen LogP contribution in [0.25, 0.3) is 0 Å². The van der Waals surface area contributed by atoms with E-state index in [1.165, 1.54) is 12.8 Å². The van der Waals surface area contributed by atoms with Crippen LogP contribution in [0.15, 0.2) is 0 Å². The predicted octanol–water partition coefficient (Wildman–Crippen LogP) is 1.20. The first-order valence-corrected chi connectivity index (χ1v) is 5.31. The van der Waals surface area contributed by atoms with Gasteiger partial charge in [-0.15, -0.1) is 12.4 Å². The Kier molecular flexibility index (Phi) is 4.20. The van der Waals surface area contributed by atoms with Crippen LogP contribution in [0.2, 0.25) is 0 Å². The summed E-state index contributed by atoms with van der Waals surface area (Å²) in [5, 5.41) is 3.05. The molecule has 2 fully saturated rings. The van der Waals surface area contributed by atoms with Crippen molar-refractivity contribution < 1.29 is 4.79 Å². The summed E-state index contributed by atoms with van der Waals surface area (Å²) in [6, 6.07) is 0.745. The maximum absolute atomic E-state index is 11.6. The number of rotatable bonds is 2. The monoisotopic (exact) mass is 218 g/mol. The Morgan fingerprint density at radius 2 is 1.93 bits per heavy atom. The summed E-state index contributed by atoms with van der Waals surface area (Å²) >= 11 is 0. The van der Waals surface area contributed by atoms with Crippen LogP contribution in [0.5, 0.6) is 0 Å². The van der Waals surface area contributed by atoms with E-state index in [-0.39, 0.29) is 30.3 Å². The Morgan fingerprint density at radius 3 is 2.50 bits per heavy atom. The van der Waals surface area contributed by atoms with E-state index in [9.17, 15) is 4.79 Å². The summed E-state index contributed by atoms with van der Waals surface area (Å²) in [5.41, 5.74) is 5.83. The smallest absolute Gasteiger partial charge is 0.223 e. The van der Waals surface area contributed by atoms with Gasteiger partial charge in [0.2, 0.25) is 5.91 Å². The molecule has 3 N–H and O–H groups in total. The topological polar surface area (TPSA) is 55.1 Å². The first-order valence-electron chi connectivity index (χ1n) is 5.31. The van der Waals surface area contributed by atoms with Crippen molar-refractivity contribution in [3.8, 4) is 0 Å². The third-order valence-electron chi connectivity index (χ3n) is 3.01. The maximum Gasteiger partial charge on any atom is 0.223 e. The van der Waals surface area contributed by atoms with Gasteiger partial charge in [0.1, 0.15) is 0 Å². The molecule has 2 saturated carbocycles. The summed E-state index contributed by atoms with van der Waals surface area (Å²) in [5.74, 6) is 0.446. The van der Waals surface area contributed by atoms with Crippen LogP contribution in [0, 0.1) is 5.92 Å². The summed E-state index contributed by atoms with van der Waals surface area (Å²) in [6.07, 6.45) is 6.47. The van der Waals surface area contributed by atoms with Crippen LogP contribution >= 0.6 is 12.4 Å². The van der Waals surface area contributed by atoms with Crippen LogP contribution in [0.4, 0.5) is 0 Å². The Labute approximate surface area is 91.2 Å². The molecule has 0 aromatic carbocycles. The van der Waals surface area contributed by atoms with Gasteiger partial charge in [0.15, 0.2) is 0 Å². The van der Waals surface area contributed by atoms with Crippen molar-refractivity contribution in [3.63, 3.8) is 0 Å². The van der Waals surface area contributed by atoms with Crippen LogP contribution in [-0.4, -0.2) is 18.0 Å². The molecule has 0 bridgehead atoms. The molecule has 4 heteroatoms. The minimum atomic E-state index is 0. The molecule has 0 unspecified atom stereocenters. The zero-order chi connectivity index (χ0) is 9.26. The summed E-state index contributed by atoms with van der Waals surface area (Å²) in [4.78, 5) is 11.6. The second-order valence-corrected chi connectivity index (χ2v) is 4.41. The number of halogens is 1. The van der Waals surface area contributed by atoms with E-state index >= 15 is 0 Å². The van der Waals surface area contributed by atoms with Crippen LogP contribution in [-0.2, 0) is 4.79 Å². The average molecular weight is 219 g/mol. The molecule has 82 valence electrons. The lowest BCUT2D eigenvalue weighted by Gasteiger charge is -2.25. The standard InChI is InChI=1S/C10H18N2O.ClH/c11-8-3-1-2-7(6-8)10(13)12-9-4-5-9;/h7-9H,1-6,11H2,(H,12,13);1H/t7-,8+;/m0./s1. The summed E-state index contributed by atoms with van der Waals surface area (Å²) < 4.78 is 0. The van der Waals surface area contributed by atoms with Gasteiger partial charge in [-0.1, -0.05) is 6.42 Å². The van der Waals surface area contributed by atoms with E-state index in [0.29, 0.717) is 6.04 Å². The Hall–Kier alpha value is -0.280. The molecule has 0 radical (unpaired) electrons. The van der Waals surface area contributed by atoms with Crippen molar-refractivity contribution >= 4 is 18.3 Å². The van der Waals surface area contributed by atoms with Gasteiger partial charge in [-0.3, -0.25) is 4.79 Å². The second kappa shape index (κ2) is 4.99. The molecule has 2 aliphatic carbocycles. The van der Waals surface area contributed by atoms with Gasteiger partial charge >= 0.3 is 0 Å². The highest BCUT2D eigenvalue weighted by atomic mass is 35.5. The highest BCUT2D eigenvalue weighted by Crippen LogP contribution is 2.25. The number of nitrogens with one attached hydrogen (secondary N) is 1. The minimum absolute atomic E-state index is 0. The van der Waals surface area contributed by atoms with Gasteiger partial charge in [-0.25, -0.2) is 0 Å². The molecule has 0 saturated heterocycles. The average Bonchev–Trinajstić information content (AvgIpc) is 2.88. The number of hydrogen-bond acceptors (Lipinski definition) is 2. The van der Waals surface area contributed by atoms with Crippen molar-refractivity contribution in [2.24, 2.45) is 11.7 Å². The molecule has 1 amide bonds. The summed E-state index contributed by atoms with van der Waals surface area (Å²) in [6.45, 7) is 0. The largest absolute Gasteiger partial charge is 0.353 e. The number of carbonyl (C=O) groups excluding carboxylic acids is 1. The lowest BCUT2D eigenvalue weighted by atomic mass is 9.85. The molecule has 0 spiro atoms. The SMILES string of the molecule is Cl.N[C@@H]1CCC[C@H](C(=O)NC2CC2)C1. The molecule has 0 heterocycles. The highest BCUT2D eigenvalue weighted by Gasteiger charge is 2.29. The molecule has 0 aliphatic heterocycles. The van der Waals surface area contributed by atoms with Gasteiger partial charge in [-0.05, 0) is 32.1 Å². The van der Waals surface area contributed by atoms with E-state index in [1.54, 1.807) is 0 Å². The van der Waals surface area contributed by atoms with E-state index in [0.717, 1.165) is 25.7 Å². The third kappa shape index (κ3) is 3.14. The number of amides is 1. The van der Waals surface area contributed by atoms with Crippen LogP contribution in [0.3, 0.4) is 0 Å². The van der Waals surface area contributed by atoms with Crippen molar-refractivity contribution in [1.82, 2.24) is 5.32 Å². The van der Waals surface area contributed by atoms with E-state index in [2.05, 4.69) is 5.32 Å². The quantitative estimate of drug-likeness (QED) is 0.732. The number of nitrogens with two attached hydrogens (primary N) is 1. The van der Waals surface area contributed by atoms with Gasteiger partial charge < -0.3 is 11.1 Å². The number of hydrogen-bond donors (Lipinski definition) is 2. The van der Waals surface area contributed by atoms with Crippen molar-refractivity contribution in [3.05, 3.63) is 0 Å². The fourth-order valence-corrected chi connectivity index (χ4v) is 2.01. The predicted molar refractivity (Wildman–Crippen MR) is 58.3 cm³/mol. The lowest BCUT2D eigenvalue weighted by Crippen LogP contribution is -2.38. The van der Waals surface area contributed by atoms with Crippen molar-refractivity contribution in [2.75, 3.05) is 0 Å². The Balaban J connectivity index is 0.000000980. The molecule has 2 aliphatic rings. The van der Waals surface area contributed by atoms with Crippen molar-refractivity contribution in [1.29, 1.82) is 0 Å². The zero-order valence-corrected chi connectivity index (χ0v) is 9.19. The molecule has 0 aromatic rings. The highest BCUT2D eigenvalue weighted by molar-refractivity contribution is 5.85. The normalized spacial score (nSPS) is 31.8. The van der Waals surface area contributed by atoms with E-state index in [1.807, 2.05) is 0 Å². The second-order valence-electron chi connectivity index (χ2n) is 4.41. The molecule has 14 heavy (non-hydrogen) atoms. The van der Waals surface area contributed by atoms with Crippen LogP contribution < -0.4 is 11.1 Å². The Morgan fingerprint density at radius 1 is 1.21 bits per heavy atom. The summed E-state index contributed by atoms with van der Waals surface area (Å²) in [7, 11) is 0. The van der Waals surface area contributed by atoms with Gasteiger partial charge in [0, 0.05) is 18.0 Å². The first-order chi connectivity index (χ1) is 6.25. The van der Waals surface area contributed by atoms with E-state index < -0.39 is 0 Å².